The molecule has 0 aliphatic carbocycles. The van der Waals surface area contributed by atoms with Crippen LogP contribution in [0.25, 0.3) is 11.4 Å². The second kappa shape index (κ2) is 6.22. The number of amides is 1. The number of anilines is 2. The molecule has 8 heteroatoms. The molecule has 7 nitrogen and oxygen atoms in total. The Hall–Kier alpha value is -3.29. The number of hydrogen-bond donors (Lipinski definition) is 2. The molecule has 0 atom stereocenters. The summed E-state index contributed by atoms with van der Waals surface area (Å²) in [5.41, 5.74) is 7.51. The zero-order chi connectivity index (χ0) is 16.2. The van der Waals surface area contributed by atoms with Crippen molar-refractivity contribution in [3.8, 4) is 11.4 Å². The highest BCUT2D eigenvalue weighted by Crippen LogP contribution is 2.15. The predicted molar refractivity (Wildman–Crippen MR) is 82.7 cm³/mol. The van der Waals surface area contributed by atoms with Crippen LogP contribution in [0, 0.1) is 5.82 Å². The first kappa shape index (κ1) is 14.6. The molecule has 0 unspecified atom stereocenters. The van der Waals surface area contributed by atoms with Crippen LogP contribution in [0.3, 0.4) is 0 Å². The predicted octanol–water partition coefficient (Wildman–Crippen LogP) is 1.70. The van der Waals surface area contributed by atoms with Crippen molar-refractivity contribution in [3.05, 3.63) is 54.3 Å². The van der Waals surface area contributed by atoms with Crippen molar-refractivity contribution in [1.29, 1.82) is 0 Å². The highest BCUT2D eigenvalue weighted by atomic mass is 19.1. The third-order valence-electron chi connectivity index (χ3n) is 3.03. The minimum absolute atomic E-state index is 0.0979. The Morgan fingerprint density at radius 3 is 2.52 bits per heavy atom. The highest BCUT2D eigenvalue weighted by Gasteiger charge is 2.09. The maximum Gasteiger partial charge on any atom is 0.248 e. The van der Waals surface area contributed by atoms with E-state index >= 15 is 0 Å². The van der Waals surface area contributed by atoms with Crippen LogP contribution in [0.5, 0.6) is 0 Å². The van der Waals surface area contributed by atoms with E-state index in [2.05, 4.69) is 20.7 Å². The summed E-state index contributed by atoms with van der Waals surface area (Å²) in [5.74, 6) is -0.300. The van der Waals surface area contributed by atoms with E-state index in [0.29, 0.717) is 17.2 Å². The molecule has 3 rings (SSSR count). The number of nitrogens with one attached hydrogen (secondary N) is 1. The van der Waals surface area contributed by atoms with Gasteiger partial charge in [0.2, 0.25) is 11.7 Å². The van der Waals surface area contributed by atoms with Crippen LogP contribution in [0.15, 0.2) is 48.5 Å². The molecule has 3 N–H and O–H groups in total. The Kier molecular flexibility index (Phi) is 3.96. The molecular weight excluding hydrogens is 299 g/mol. The van der Waals surface area contributed by atoms with Crippen molar-refractivity contribution in [2.75, 3.05) is 11.1 Å². The molecular formula is C15H13FN6O. The van der Waals surface area contributed by atoms with Crippen LogP contribution in [-0.4, -0.2) is 26.1 Å². The molecule has 0 saturated heterocycles. The fourth-order valence-corrected chi connectivity index (χ4v) is 1.92. The summed E-state index contributed by atoms with van der Waals surface area (Å²) in [6.45, 7) is -0.0979. The number of nitrogens with zero attached hydrogens (tertiary/aromatic N) is 4. The number of carbonyl (C=O) groups excluding carboxylic acids is 1. The van der Waals surface area contributed by atoms with E-state index in [-0.39, 0.29) is 18.3 Å². The Balaban J connectivity index is 1.65. The maximum atomic E-state index is 12.8. The summed E-state index contributed by atoms with van der Waals surface area (Å²) in [5, 5.41) is 14.5. The Bertz CT molecular complexity index is 813. The van der Waals surface area contributed by atoms with Gasteiger partial charge in [0.05, 0.1) is 0 Å². The molecule has 1 heterocycles. The molecule has 1 aromatic heterocycles. The molecule has 0 radical (unpaired) electrons. The van der Waals surface area contributed by atoms with E-state index in [1.807, 2.05) is 0 Å². The molecule has 3 aromatic rings. The Morgan fingerprint density at radius 1 is 1.13 bits per heavy atom. The van der Waals surface area contributed by atoms with Gasteiger partial charge in [-0.25, -0.2) is 4.39 Å². The minimum Gasteiger partial charge on any atom is -0.399 e. The van der Waals surface area contributed by atoms with Gasteiger partial charge in [-0.1, -0.05) is 0 Å². The van der Waals surface area contributed by atoms with E-state index in [0.717, 1.165) is 5.56 Å². The normalized spacial score (nSPS) is 10.5. The van der Waals surface area contributed by atoms with Gasteiger partial charge in [0.15, 0.2) is 0 Å². The zero-order valence-electron chi connectivity index (χ0n) is 12.0. The monoisotopic (exact) mass is 312 g/mol. The Morgan fingerprint density at radius 2 is 1.83 bits per heavy atom. The quantitative estimate of drug-likeness (QED) is 0.714. The lowest BCUT2D eigenvalue weighted by Gasteiger charge is -2.03. The summed E-state index contributed by atoms with van der Waals surface area (Å²) < 4.78 is 12.8. The van der Waals surface area contributed by atoms with Crippen LogP contribution < -0.4 is 11.1 Å². The molecule has 0 aliphatic rings. The molecule has 2 aromatic carbocycles. The lowest BCUT2D eigenvalue weighted by Crippen LogP contribution is -2.20. The number of halogens is 1. The Labute approximate surface area is 130 Å². The summed E-state index contributed by atoms with van der Waals surface area (Å²) in [7, 11) is 0. The van der Waals surface area contributed by atoms with Gasteiger partial charge in [0, 0.05) is 16.9 Å². The first-order valence-electron chi connectivity index (χ1n) is 6.79. The second-order valence-corrected chi connectivity index (χ2v) is 4.82. The smallest absolute Gasteiger partial charge is 0.248 e. The van der Waals surface area contributed by atoms with E-state index < -0.39 is 0 Å². The molecule has 0 aliphatic heterocycles. The van der Waals surface area contributed by atoms with E-state index in [1.54, 1.807) is 24.3 Å². The number of hydrogen-bond acceptors (Lipinski definition) is 5. The SMILES string of the molecule is Nc1ccc(-c2nnn(CC(=O)Nc3ccc(F)cc3)n2)cc1. The second-order valence-electron chi connectivity index (χ2n) is 4.82. The van der Waals surface area contributed by atoms with Crippen molar-refractivity contribution in [3.63, 3.8) is 0 Å². The van der Waals surface area contributed by atoms with Crippen LogP contribution in [-0.2, 0) is 11.3 Å². The first-order chi connectivity index (χ1) is 11.1. The fourth-order valence-electron chi connectivity index (χ4n) is 1.92. The number of nitrogens with two attached hydrogens (primary N) is 1. The van der Waals surface area contributed by atoms with E-state index in [9.17, 15) is 9.18 Å². The average molecular weight is 312 g/mol. The van der Waals surface area contributed by atoms with Gasteiger partial charge in [-0.2, -0.15) is 4.80 Å². The van der Waals surface area contributed by atoms with Gasteiger partial charge < -0.3 is 11.1 Å². The number of carbonyl (C=O) groups is 1. The van der Waals surface area contributed by atoms with Gasteiger partial charge >= 0.3 is 0 Å². The van der Waals surface area contributed by atoms with Crippen LogP contribution in [0.4, 0.5) is 15.8 Å². The van der Waals surface area contributed by atoms with Crippen molar-refractivity contribution >= 4 is 17.3 Å². The average Bonchev–Trinajstić information content (AvgIpc) is 2.98. The third kappa shape index (κ3) is 3.67. The van der Waals surface area contributed by atoms with Gasteiger partial charge in [-0.15, -0.1) is 10.2 Å². The van der Waals surface area contributed by atoms with Crippen molar-refractivity contribution in [2.45, 2.75) is 6.54 Å². The molecule has 0 spiro atoms. The lowest BCUT2D eigenvalue weighted by molar-refractivity contribution is -0.117. The number of tetrazole rings is 1. The number of benzene rings is 2. The molecule has 116 valence electrons. The van der Waals surface area contributed by atoms with Crippen LogP contribution in [0.1, 0.15) is 0 Å². The number of rotatable bonds is 4. The molecule has 1 amide bonds. The zero-order valence-corrected chi connectivity index (χ0v) is 12.0. The summed E-state index contributed by atoms with van der Waals surface area (Å²) >= 11 is 0. The number of aromatic nitrogens is 4. The first-order valence-corrected chi connectivity index (χ1v) is 6.79. The van der Waals surface area contributed by atoms with Crippen LogP contribution in [0.2, 0.25) is 0 Å². The van der Waals surface area contributed by atoms with Crippen molar-refractivity contribution < 1.29 is 9.18 Å². The molecule has 0 bridgehead atoms. The van der Waals surface area contributed by atoms with E-state index in [1.165, 1.54) is 29.1 Å². The van der Waals surface area contributed by atoms with Gasteiger partial charge in [0.25, 0.3) is 0 Å². The van der Waals surface area contributed by atoms with Crippen molar-refractivity contribution in [1.82, 2.24) is 20.2 Å². The largest absolute Gasteiger partial charge is 0.399 e. The fraction of sp³-hybridized carbons (Fsp3) is 0.0667. The topological polar surface area (TPSA) is 98.7 Å². The minimum atomic E-state index is -0.367. The highest BCUT2D eigenvalue weighted by molar-refractivity contribution is 5.90. The molecule has 23 heavy (non-hydrogen) atoms. The number of nitrogen functional groups attached to an aromatic ring is 1. The van der Waals surface area contributed by atoms with Crippen molar-refractivity contribution in [2.24, 2.45) is 0 Å². The maximum absolute atomic E-state index is 12.8. The summed E-state index contributed by atoms with van der Waals surface area (Å²) in [6.07, 6.45) is 0. The standard InChI is InChI=1S/C15H13FN6O/c16-11-3-7-13(8-4-11)18-14(23)9-22-20-15(19-21-22)10-1-5-12(17)6-2-10/h1-8H,9,17H2,(H,18,23). The van der Waals surface area contributed by atoms with Gasteiger partial charge in [-0.3, -0.25) is 4.79 Å². The molecule has 0 saturated carbocycles. The van der Waals surface area contributed by atoms with E-state index in [4.69, 9.17) is 5.73 Å². The lowest BCUT2D eigenvalue weighted by atomic mass is 10.2. The van der Waals surface area contributed by atoms with Crippen LogP contribution >= 0.6 is 0 Å². The van der Waals surface area contributed by atoms with Gasteiger partial charge in [0.1, 0.15) is 12.4 Å². The summed E-state index contributed by atoms with van der Waals surface area (Å²) in [4.78, 5) is 13.1. The molecule has 0 fully saturated rings. The summed E-state index contributed by atoms with van der Waals surface area (Å²) in [6, 6.07) is 12.5. The van der Waals surface area contributed by atoms with Gasteiger partial charge in [-0.05, 0) is 53.7 Å². The third-order valence-corrected chi connectivity index (χ3v) is 3.03.